The first-order valence-corrected chi connectivity index (χ1v) is 10.4. The number of rotatable bonds is 5. The molecule has 3 aliphatic rings. The lowest BCUT2D eigenvalue weighted by Gasteiger charge is -2.41. The Labute approximate surface area is 153 Å². The minimum atomic E-state index is 0.340. The van der Waals surface area contributed by atoms with Crippen molar-refractivity contribution in [1.82, 2.24) is 4.90 Å². The predicted molar refractivity (Wildman–Crippen MR) is 103 cm³/mol. The van der Waals surface area contributed by atoms with Gasteiger partial charge >= 0.3 is 0 Å². The number of hydrogen-bond acceptors (Lipinski definition) is 2. The second-order valence-corrected chi connectivity index (χ2v) is 9.46. The Hall–Kier alpha value is -1.15. The van der Waals surface area contributed by atoms with Crippen LogP contribution in [-0.4, -0.2) is 29.8 Å². The highest BCUT2D eigenvalue weighted by Crippen LogP contribution is 2.45. The average Bonchev–Trinajstić information content (AvgIpc) is 2.71. The van der Waals surface area contributed by atoms with E-state index < -0.39 is 0 Å². The molecule has 2 saturated carbocycles. The molecule has 2 fully saturated rings. The van der Waals surface area contributed by atoms with Crippen LogP contribution in [0.15, 0.2) is 18.2 Å². The molecule has 0 unspecified atom stereocenters. The van der Waals surface area contributed by atoms with Gasteiger partial charge in [0.1, 0.15) is 5.78 Å². The summed E-state index contributed by atoms with van der Waals surface area (Å²) in [6.07, 6.45) is 10.4. The van der Waals surface area contributed by atoms with Gasteiger partial charge < -0.3 is 0 Å². The predicted octanol–water partition coefficient (Wildman–Crippen LogP) is 4.58. The van der Waals surface area contributed by atoms with E-state index in [1.807, 2.05) is 0 Å². The molecule has 0 amide bonds. The van der Waals surface area contributed by atoms with Crippen molar-refractivity contribution in [1.29, 1.82) is 0 Å². The summed E-state index contributed by atoms with van der Waals surface area (Å²) in [7, 11) is 0. The summed E-state index contributed by atoms with van der Waals surface area (Å²) in [6.45, 7) is 7.00. The van der Waals surface area contributed by atoms with Crippen molar-refractivity contribution in [3.05, 3.63) is 34.9 Å². The van der Waals surface area contributed by atoms with Crippen LogP contribution in [0.2, 0.25) is 0 Å². The van der Waals surface area contributed by atoms with Crippen LogP contribution in [-0.2, 0) is 24.1 Å². The maximum atomic E-state index is 12.4. The summed E-state index contributed by atoms with van der Waals surface area (Å²) in [5.74, 6) is 0.831. The normalized spacial score (nSPS) is 24.1. The first kappa shape index (κ1) is 17.3. The highest BCUT2D eigenvalue weighted by molar-refractivity contribution is 5.82. The maximum Gasteiger partial charge on any atom is 0.136 e. The van der Waals surface area contributed by atoms with Crippen LogP contribution in [0, 0.1) is 11.3 Å². The van der Waals surface area contributed by atoms with Gasteiger partial charge in [-0.2, -0.15) is 0 Å². The number of fused-ring (bicyclic) bond motifs is 1. The minimum absolute atomic E-state index is 0.340. The van der Waals surface area contributed by atoms with Crippen LogP contribution in [0.25, 0.3) is 0 Å². The number of nitrogens with zero attached hydrogens (tertiary/aromatic N) is 1. The molecule has 0 radical (unpaired) electrons. The number of Topliss-reactive ketones (excluding diaryl/α,β-unsaturated/α-hetero) is 1. The highest BCUT2D eigenvalue weighted by atomic mass is 16.1. The molecule has 2 nitrogen and oxygen atoms in total. The van der Waals surface area contributed by atoms with Crippen molar-refractivity contribution < 1.29 is 4.79 Å². The lowest BCUT2D eigenvalue weighted by atomic mass is 9.62. The fourth-order valence-corrected chi connectivity index (χ4v) is 5.04. The highest BCUT2D eigenvalue weighted by Gasteiger charge is 2.39. The van der Waals surface area contributed by atoms with E-state index in [1.165, 1.54) is 61.9 Å². The van der Waals surface area contributed by atoms with Crippen molar-refractivity contribution in [2.45, 2.75) is 77.7 Å². The average molecular weight is 340 g/mol. The third-order valence-corrected chi connectivity index (χ3v) is 6.91. The third-order valence-electron chi connectivity index (χ3n) is 6.91. The van der Waals surface area contributed by atoms with Gasteiger partial charge in [-0.1, -0.05) is 38.5 Å². The number of carbonyl (C=O) groups excluding carboxylic acids is 1. The van der Waals surface area contributed by atoms with Gasteiger partial charge in [0.2, 0.25) is 0 Å². The van der Waals surface area contributed by atoms with E-state index in [0.29, 0.717) is 17.1 Å². The van der Waals surface area contributed by atoms with E-state index in [0.717, 1.165) is 31.7 Å². The smallest absolute Gasteiger partial charge is 0.136 e. The molecule has 4 rings (SSSR count). The zero-order valence-electron chi connectivity index (χ0n) is 16.0. The summed E-state index contributed by atoms with van der Waals surface area (Å²) in [6, 6.07) is 7.87. The third kappa shape index (κ3) is 3.84. The lowest BCUT2D eigenvalue weighted by Crippen LogP contribution is -2.41. The summed E-state index contributed by atoms with van der Waals surface area (Å²) in [5, 5.41) is 0. The van der Waals surface area contributed by atoms with E-state index in [9.17, 15) is 4.79 Å². The number of aryl methyl sites for hydroxylation is 1. The van der Waals surface area contributed by atoms with Crippen LogP contribution in [0.5, 0.6) is 0 Å². The van der Waals surface area contributed by atoms with E-state index in [4.69, 9.17) is 0 Å². The Kier molecular flexibility index (Phi) is 4.75. The van der Waals surface area contributed by atoms with Gasteiger partial charge in [0.25, 0.3) is 0 Å². The Morgan fingerprint density at radius 1 is 1.12 bits per heavy atom. The topological polar surface area (TPSA) is 20.3 Å². The van der Waals surface area contributed by atoms with Crippen molar-refractivity contribution in [3.63, 3.8) is 0 Å². The molecule has 1 aromatic carbocycles. The largest absolute Gasteiger partial charge is 0.300 e. The fraction of sp³-hybridized carbons (Fsp3) is 0.696. The van der Waals surface area contributed by atoms with Crippen LogP contribution in [0.4, 0.5) is 0 Å². The Morgan fingerprint density at radius 2 is 1.84 bits per heavy atom. The molecule has 0 spiro atoms. The summed E-state index contributed by atoms with van der Waals surface area (Å²) in [4.78, 5) is 15.1. The van der Waals surface area contributed by atoms with Gasteiger partial charge in [-0.05, 0) is 67.1 Å². The standard InChI is InChI=1S/C23H33NO/c1-23(2)15-20(16-23)22(25)9-7-17-6-8-18-10-12-24(21-4-3-5-21)13-11-19(18)14-17/h6,8,14,20-21H,3-5,7,9-13,15-16H2,1-2H3. The van der Waals surface area contributed by atoms with Gasteiger partial charge in [0, 0.05) is 31.5 Å². The number of carbonyl (C=O) groups is 1. The van der Waals surface area contributed by atoms with Crippen molar-refractivity contribution >= 4 is 5.78 Å². The van der Waals surface area contributed by atoms with Gasteiger partial charge in [0.05, 0.1) is 0 Å². The molecule has 2 heteroatoms. The second kappa shape index (κ2) is 6.87. The number of ketones is 1. The molecule has 0 bridgehead atoms. The lowest BCUT2D eigenvalue weighted by molar-refractivity contribution is -0.129. The van der Waals surface area contributed by atoms with E-state index in [1.54, 1.807) is 0 Å². The molecule has 0 N–H and O–H groups in total. The molecular weight excluding hydrogens is 306 g/mol. The second-order valence-electron chi connectivity index (χ2n) is 9.46. The molecule has 1 heterocycles. The number of hydrogen-bond donors (Lipinski definition) is 0. The van der Waals surface area contributed by atoms with Crippen LogP contribution in [0.1, 0.15) is 69.1 Å². The minimum Gasteiger partial charge on any atom is -0.300 e. The first-order chi connectivity index (χ1) is 12.0. The molecule has 0 aromatic heterocycles. The zero-order valence-corrected chi connectivity index (χ0v) is 16.0. The molecule has 1 aliphatic heterocycles. The Bertz CT molecular complexity index is 635. The molecule has 0 saturated heterocycles. The summed E-state index contributed by atoms with van der Waals surface area (Å²) >= 11 is 0. The van der Waals surface area contributed by atoms with Gasteiger partial charge in [-0.15, -0.1) is 0 Å². The van der Waals surface area contributed by atoms with Gasteiger partial charge in [-0.25, -0.2) is 0 Å². The quantitative estimate of drug-likeness (QED) is 0.783. The molecule has 0 atom stereocenters. The monoisotopic (exact) mass is 339 g/mol. The fourth-order valence-electron chi connectivity index (χ4n) is 5.04. The molecule has 25 heavy (non-hydrogen) atoms. The van der Waals surface area contributed by atoms with Crippen molar-refractivity contribution in [3.8, 4) is 0 Å². The summed E-state index contributed by atoms with van der Waals surface area (Å²) in [5.41, 5.74) is 4.84. The number of benzene rings is 1. The molecule has 2 aliphatic carbocycles. The van der Waals surface area contributed by atoms with Crippen molar-refractivity contribution in [2.24, 2.45) is 11.3 Å². The Morgan fingerprint density at radius 3 is 2.48 bits per heavy atom. The van der Waals surface area contributed by atoms with Crippen molar-refractivity contribution in [2.75, 3.05) is 13.1 Å². The van der Waals surface area contributed by atoms with E-state index in [-0.39, 0.29) is 0 Å². The van der Waals surface area contributed by atoms with Crippen LogP contribution < -0.4 is 0 Å². The van der Waals surface area contributed by atoms with Crippen LogP contribution >= 0.6 is 0 Å². The zero-order chi connectivity index (χ0) is 17.4. The SMILES string of the molecule is CC1(C)CC(C(=O)CCc2ccc3c(c2)CCN(C2CCC2)CC3)C1. The van der Waals surface area contributed by atoms with Crippen LogP contribution in [0.3, 0.4) is 0 Å². The maximum absolute atomic E-state index is 12.4. The first-order valence-electron chi connectivity index (χ1n) is 10.4. The molecular formula is C23H33NO. The molecule has 1 aromatic rings. The summed E-state index contributed by atoms with van der Waals surface area (Å²) < 4.78 is 0. The Balaban J connectivity index is 1.32. The van der Waals surface area contributed by atoms with E-state index in [2.05, 4.69) is 36.9 Å². The van der Waals surface area contributed by atoms with Gasteiger partial charge in [0.15, 0.2) is 0 Å². The van der Waals surface area contributed by atoms with E-state index >= 15 is 0 Å². The van der Waals surface area contributed by atoms with Gasteiger partial charge in [-0.3, -0.25) is 9.69 Å². The molecule has 136 valence electrons.